The molecular weight excluding hydrogens is 202 g/mol. The standard InChI is InChI=1S/C13H23NS/c1-7-14-12(13(4,5)6)11-8-9(2)15-10(11)3/h8,12,14H,7H2,1-6H3. The maximum absolute atomic E-state index is 3.60. The van der Waals surface area contributed by atoms with Crippen molar-refractivity contribution in [3.63, 3.8) is 0 Å². The van der Waals surface area contributed by atoms with Gasteiger partial charge in [-0.1, -0.05) is 27.7 Å². The molecule has 0 aliphatic carbocycles. The summed E-state index contributed by atoms with van der Waals surface area (Å²) >= 11 is 1.90. The highest BCUT2D eigenvalue weighted by molar-refractivity contribution is 7.12. The second-order valence-electron chi connectivity index (χ2n) is 5.23. The van der Waals surface area contributed by atoms with Gasteiger partial charge >= 0.3 is 0 Å². The number of hydrogen-bond donors (Lipinski definition) is 1. The van der Waals surface area contributed by atoms with Crippen LogP contribution in [0.3, 0.4) is 0 Å². The lowest BCUT2D eigenvalue weighted by Crippen LogP contribution is -2.32. The third-order valence-electron chi connectivity index (χ3n) is 2.66. The minimum absolute atomic E-state index is 0.272. The summed E-state index contributed by atoms with van der Waals surface area (Å²) < 4.78 is 0. The Labute approximate surface area is 97.9 Å². The molecule has 2 heteroatoms. The Morgan fingerprint density at radius 3 is 2.27 bits per heavy atom. The van der Waals surface area contributed by atoms with Crippen LogP contribution in [0.5, 0.6) is 0 Å². The molecule has 1 heterocycles. The van der Waals surface area contributed by atoms with Gasteiger partial charge in [-0.2, -0.15) is 0 Å². The summed E-state index contributed by atoms with van der Waals surface area (Å²) in [5, 5.41) is 3.60. The zero-order valence-corrected chi connectivity index (χ0v) is 11.6. The first-order chi connectivity index (χ1) is 6.86. The summed E-state index contributed by atoms with van der Waals surface area (Å²) in [5.74, 6) is 0. The normalized spacial score (nSPS) is 14.3. The van der Waals surface area contributed by atoms with E-state index < -0.39 is 0 Å². The topological polar surface area (TPSA) is 12.0 Å². The first-order valence-corrected chi connectivity index (χ1v) is 6.48. The monoisotopic (exact) mass is 225 g/mol. The van der Waals surface area contributed by atoms with Crippen molar-refractivity contribution >= 4 is 11.3 Å². The molecule has 1 aromatic heterocycles. The first-order valence-electron chi connectivity index (χ1n) is 5.66. The predicted octanol–water partition coefficient (Wildman–Crippen LogP) is 4.06. The summed E-state index contributed by atoms with van der Waals surface area (Å²) in [6.07, 6.45) is 0. The van der Waals surface area contributed by atoms with E-state index in [2.05, 4.69) is 52.9 Å². The molecule has 1 nitrogen and oxygen atoms in total. The second kappa shape index (κ2) is 4.67. The van der Waals surface area contributed by atoms with Crippen LogP contribution in [0.2, 0.25) is 0 Å². The number of aryl methyl sites for hydroxylation is 2. The lowest BCUT2D eigenvalue weighted by molar-refractivity contribution is 0.276. The zero-order valence-electron chi connectivity index (χ0n) is 10.8. The summed E-state index contributed by atoms with van der Waals surface area (Å²) in [6, 6.07) is 2.80. The zero-order chi connectivity index (χ0) is 11.6. The van der Waals surface area contributed by atoms with Crippen LogP contribution in [0.4, 0.5) is 0 Å². The third kappa shape index (κ3) is 3.05. The highest BCUT2D eigenvalue weighted by atomic mass is 32.1. The molecule has 0 aromatic carbocycles. The van der Waals surface area contributed by atoms with Crippen molar-refractivity contribution in [2.45, 2.75) is 47.6 Å². The molecular formula is C13H23NS. The predicted molar refractivity (Wildman–Crippen MR) is 69.7 cm³/mol. The van der Waals surface area contributed by atoms with E-state index in [1.54, 1.807) is 0 Å². The van der Waals surface area contributed by atoms with E-state index in [4.69, 9.17) is 0 Å². The van der Waals surface area contributed by atoms with Crippen LogP contribution < -0.4 is 5.32 Å². The Kier molecular flexibility index (Phi) is 3.96. The fourth-order valence-electron chi connectivity index (χ4n) is 2.02. The van der Waals surface area contributed by atoms with Gasteiger partial charge in [-0.05, 0) is 37.4 Å². The van der Waals surface area contributed by atoms with Crippen molar-refractivity contribution in [1.29, 1.82) is 0 Å². The lowest BCUT2D eigenvalue weighted by Gasteiger charge is -2.31. The molecule has 0 aliphatic heterocycles. The summed E-state index contributed by atoms with van der Waals surface area (Å²) in [6.45, 7) is 14.5. The lowest BCUT2D eigenvalue weighted by atomic mass is 9.82. The molecule has 0 saturated heterocycles. The molecule has 0 radical (unpaired) electrons. The number of hydrogen-bond acceptors (Lipinski definition) is 2. The Morgan fingerprint density at radius 1 is 1.33 bits per heavy atom. The molecule has 0 bridgehead atoms. The summed E-state index contributed by atoms with van der Waals surface area (Å²) in [7, 11) is 0. The van der Waals surface area contributed by atoms with Crippen LogP contribution in [-0.2, 0) is 0 Å². The highest BCUT2D eigenvalue weighted by Gasteiger charge is 2.27. The molecule has 0 spiro atoms. The average molecular weight is 225 g/mol. The molecule has 1 atom stereocenters. The van der Waals surface area contributed by atoms with Gasteiger partial charge < -0.3 is 5.32 Å². The summed E-state index contributed by atoms with van der Waals surface area (Å²) in [5.41, 5.74) is 1.75. The largest absolute Gasteiger partial charge is 0.310 e. The second-order valence-corrected chi connectivity index (χ2v) is 6.69. The molecule has 15 heavy (non-hydrogen) atoms. The van der Waals surface area contributed by atoms with Gasteiger partial charge in [0.05, 0.1) is 0 Å². The van der Waals surface area contributed by atoms with Gasteiger partial charge in [-0.25, -0.2) is 0 Å². The molecule has 0 aliphatic rings. The Balaban J connectivity index is 3.04. The maximum atomic E-state index is 3.60. The van der Waals surface area contributed by atoms with Crippen LogP contribution in [0.25, 0.3) is 0 Å². The first kappa shape index (κ1) is 12.7. The van der Waals surface area contributed by atoms with Gasteiger partial charge in [0, 0.05) is 15.8 Å². The maximum Gasteiger partial charge on any atom is 0.0380 e. The quantitative estimate of drug-likeness (QED) is 0.818. The van der Waals surface area contributed by atoms with Gasteiger partial charge in [0.15, 0.2) is 0 Å². The van der Waals surface area contributed by atoms with Crippen LogP contribution in [-0.4, -0.2) is 6.54 Å². The number of nitrogens with one attached hydrogen (secondary N) is 1. The molecule has 1 unspecified atom stereocenters. The van der Waals surface area contributed by atoms with Gasteiger partial charge in [-0.3, -0.25) is 0 Å². The van der Waals surface area contributed by atoms with Gasteiger partial charge in [0.25, 0.3) is 0 Å². The average Bonchev–Trinajstić information content (AvgIpc) is 2.39. The van der Waals surface area contributed by atoms with Crippen molar-refractivity contribution in [1.82, 2.24) is 5.32 Å². The molecule has 0 saturated carbocycles. The van der Waals surface area contributed by atoms with Crippen molar-refractivity contribution in [3.8, 4) is 0 Å². The van der Waals surface area contributed by atoms with E-state index in [-0.39, 0.29) is 5.41 Å². The minimum atomic E-state index is 0.272. The molecule has 1 aromatic rings. The molecule has 1 N–H and O–H groups in total. The van der Waals surface area contributed by atoms with Crippen molar-refractivity contribution in [2.24, 2.45) is 5.41 Å². The van der Waals surface area contributed by atoms with Crippen molar-refractivity contribution in [2.75, 3.05) is 6.54 Å². The Bertz CT molecular complexity index is 320. The smallest absolute Gasteiger partial charge is 0.0380 e. The van der Waals surface area contributed by atoms with Gasteiger partial charge in [-0.15, -0.1) is 11.3 Å². The fourth-order valence-corrected chi connectivity index (χ4v) is 2.99. The van der Waals surface area contributed by atoms with Gasteiger partial charge in [0.2, 0.25) is 0 Å². The van der Waals surface area contributed by atoms with Crippen molar-refractivity contribution in [3.05, 3.63) is 21.4 Å². The third-order valence-corrected chi connectivity index (χ3v) is 3.65. The van der Waals surface area contributed by atoms with E-state index in [9.17, 15) is 0 Å². The minimum Gasteiger partial charge on any atom is -0.310 e. The highest BCUT2D eigenvalue weighted by Crippen LogP contribution is 2.37. The van der Waals surface area contributed by atoms with Gasteiger partial charge in [0.1, 0.15) is 0 Å². The van der Waals surface area contributed by atoms with E-state index in [1.807, 2.05) is 11.3 Å². The van der Waals surface area contributed by atoms with E-state index in [1.165, 1.54) is 15.3 Å². The summed E-state index contributed by atoms with van der Waals surface area (Å²) in [4.78, 5) is 2.86. The van der Waals surface area contributed by atoms with E-state index in [0.717, 1.165) is 6.54 Å². The number of thiophene rings is 1. The van der Waals surface area contributed by atoms with Crippen LogP contribution in [0, 0.1) is 19.3 Å². The van der Waals surface area contributed by atoms with Crippen LogP contribution >= 0.6 is 11.3 Å². The SMILES string of the molecule is CCNC(c1cc(C)sc1C)C(C)(C)C. The molecule has 86 valence electrons. The van der Waals surface area contributed by atoms with Crippen LogP contribution in [0.1, 0.15) is 49.1 Å². The molecule has 0 amide bonds. The van der Waals surface area contributed by atoms with Crippen LogP contribution in [0.15, 0.2) is 6.07 Å². The van der Waals surface area contributed by atoms with E-state index in [0.29, 0.717) is 6.04 Å². The molecule has 0 fully saturated rings. The number of rotatable bonds is 3. The van der Waals surface area contributed by atoms with Crippen molar-refractivity contribution < 1.29 is 0 Å². The Hall–Kier alpha value is -0.340. The fraction of sp³-hybridized carbons (Fsp3) is 0.692. The van der Waals surface area contributed by atoms with E-state index >= 15 is 0 Å². The Morgan fingerprint density at radius 2 is 1.93 bits per heavy atom. The molecule has 1 rings (SSSR count).